The normalized spacial score (nSPS) is 24.2. The summed E-state index contributed by atoms with van der Waals surface area (Å²) in [5.74, 6) is 0. The van der Waals surface area contributed by atoms with E-state index in [1.807, 2.05) is 0 Å². The van der Waals surface area contributed by atoms with Crippen LogP contribution in [0, 0.1) is 5.41 Å². The van der Waals surface area contributed by atoms with E-state index in [9.17, 15) is 0 Å². The van der Waals surface area contributed by atoms with Crippen LogP contribution in [0.15, 0.2) is 0 Å². The predicted octanol–water partition coefficient (Wildman–Crippen LogP) is 4.14. The van der Waals surface area contributed by atoms with Gasteiger partial charge in [-0.15, -0.1) is 0 Å². The maximum atomic E-state index is 5.77. The number of hydrogen-bond donors (Lipinski definition) is 1. The molecule has 0 amide bonds. The Labute approximate surface area is 114 Å². The van der Waals surface area contributed by atoms with Crippen molar-refractivity contribution < 1.29 is 4.74 Å². The molecule has 2 heteroatoms. The molecule has 1 aliphatic rings. The lowest BCUT2D eigenvalue weighted by atomic mass is 9.85. The van der Waals surface area contributed by atoms with Crippen LogP contribution in [0.5, 0.6) is 0 Å². The standard InChI is InChI=1S/C16H33NO/c1-6-7-8-10-15(2,3)13-17-14-9-11-18-16(4,5)12-14/h14,17H,6-13H2,1-5H3. The fourth-order valence-corrected chi connectivity index (χ4v) is 2.77. The van der Waals surface area contributed by atoms with Gasteiger partial charge in [-0.3, -0.25) is 0 Å². The lowest BCUT2D eigenvalue weighted by molar-refractivity contribution is -0.0637. The summed E-state index contributed by atoms with van der Waals surface area (Å²) in [4.78, 5) is 0. The molecule has 0 spiro atoms. The van der Waals surface area contributed by atoms with Crippen LogP contribution in [-0.2, 0) is 4.74 Å². The first kappa shape index (κ1) is 16.0. The molecule has 0 radical (unpaired) electrons. The zero-order chi connectivity index (χ0) is 13.6. The Balaban J connectivity index is 2.26. The highest BCUT2D eigenvalue weighted by atomic mass is 16.5. The molecule has 2 nitrogen and oxygen atoms in total. The minimum absolute atomic E-state index is 0.0578. The minimum Gasteiger partial charge on any atom is -0.375 e. The van der Waals surface area contributed by atoms with Crippen LogP contribution in [0.1, 0.15) is 73.1 Å². The molecule has 1 heterocycles. The van der Waals surface area contributed by atoms with Gasteiger partial charge in [0, 0.05) is 19.2 Å². The number of ether oxygens (including phenoxy) is 1. The first-order valence-electron chi connectivity index (χ1n) is 7.72. The monoisotopic (exact) mass is 255 g/mol. The van der Waals surface area contributed by atoms with Gasteiger partial charge in [-0.1, -0.05) is 40.0 Å². The van der Waals surface area contributed by atoms with Crippen molar-refractivity contribution in [3.05, 3.63) is 0 Å². The molecular formula is C16H33NO. The molecule has 0 aromatic heterocycles. The van der Waals surface area contributed by atoms with Crippen LogP contribution in [0.3, 0.4) is 0 Å². The third kappa shape index (κ3) is 6.19. The largest absolute Gasteiger partial charge is 0.375 e. The van der Waals surface area contributed by atoms with E-state index >= 15 is 0 Å². The number of unbranched alkanes of at least 4 members (excludes halogenated alkanes) is 2. The Bertz CT molecular complexity index is 235. The van der Waals surface area contributed by atoms with E-state index < -0.39 is 0 Å². The quantitative estimate of drug-likeness (QED) is 0.690. The molecule has 1 unspecified atom stereocenters. The Morgan fingerprint density at radius 1 is 1.28 bits per heavy atom. The van der Waals surface area contributed by atoms with Gasteiger partial charge >= 0.3 is 0 Å². The molecule has 1 N–H and O–H groups in total. The molecule has 1 fully saturated rings. The van der Waals surface area contributed by atoms with Gasteiger partial charge in [0.05, 0.1) is 5.60 Å². The third-order valence-electron chi connectivity index (χ3n) is 4.02. The van der Waals surface area contributed by atoms with Crippen LogP contribution < -0.4 is 5.32 Å². The van der Waals surface area contributed by atoms with E-state index in [2.05, 4.69) is 39.9 Å². The summed E-state index contributed by atoms with van der Waals surface area (Å²) in [6.45, 7) is 13.5. The van der Waals surface area contributed by atoms with Crippen LogP contribution in [0.25, 0.3) is 0 Å². The van der Waals surface area contributed by atoms with Gasteiger partial charge in [-0.2, -0.15) is 0 Å². The molecule has 0 aliphatic carbocycles. The lowest BCUT2D eigenvalue weighted by Gasteiger charge is -2.37. The predicted molar refractivity (Wildman–Crippen MR) is 79.0 cm³/mol. The highest BCUT2D eigenvalue weighted by Gasteiger charge is 2.29. The summed E-state index contributed by atoms with van der Waals surface area (Å²) in [6, 6.07) is 0.638. The molecule has 0 bridgehead atoms. The Kier molecular flexibility index (Phi) is 6.13. The molecule has 108 valence electrons. The minimum atomic E-state index is 0.0578. The van der Waals surface area contributed by atoms with E-state index in [0.29, 0.717) is 11.5 Å². The summed E-state index contributed by atoms with van der Waals surface area (Å²) in [5.41, 5.74) is 0.486. The highest BCUT2D eigenvalue weighted by molar-refractivity contribution is 4.84. The van der Waals surface area contributed by atoms with E-state index in [1.165, 1.54) is 25.7 Å². The van der Waals surface area contributed by atoms with E-state index in [1.54, 1.807) is 0 Å². The lowest BCUT2D eigenvalue weighted by Crippen LogP contribution is -2.46. The second-order valence-electron chi connectivity index (χ2n) is 7.30. The molecule has 0 saturated carbocycles. The van der Waals surface area contributed by atoms with Crippen molar-refractivity contribution in [2.24, 2.45) is 5.41 Å². The van der Waals surface area contributed by atoms with Gasteiger partial charge in [0.25, 0.3) is 0 Å². The van der Waals surface area contributed by atoms with E-state index in [-0.39, 0.29) is 5.60 Å². The van der Waals surface area contributed by atoms with Crippen molar-refractivity contribution in [3.63, 3.8) is 0 Å². The first-order chi connectivity index (χ1) is 8.35. The maximum Gasteiger partial charge on any atom is 0.0641 e. The first-order valence-corrected chi connectivity index (χ1v) is 7.72. The summed E-state index contributed by atoms with van der Waals surface area (Å²) < 4.78 is 5.77. The molecule has 1 aliphatic heterocycles. The van der Waals surface area contributed by atoms with Gasteiger partial charge in [0.15, 0.2) is 0 Å². The van der Waals surface area contributed by atoms with Crippen molar-refractivity contribution in [2.45, 2.75) is 84.8 Å². The van der Waals surface area contributed by atoms with Crippen LogP contribution >= 0.6 is 0 Å². The van der Waals surface area contributed by atoms with Crippen molar-refractivity contribution in [1.29, 1.82) is 0 Å². The number of nitrogens with one attached hydrogen (secondary N) is 1. The Morgan fingerprint density at radius 2 is 2.00 bits per heavy atom. The smallest absolute Gasteiger partial charge is 0.0641 e. The summed E-state index contributed by atoms with van der Waals surface area (Å²) in [5, 5.41) is 3.76. The molecule has 0 aromatic rings. The maximum absolute atomic E-state index is 5.77. The van der Waals surface area contributed by atoms with E-state index in [4.69, 9.17) is 4.74 Å². The Morgan fingerprint density at radius 3 is 2.61 bits per heavy atom. The summed E-state index contributed by atoms with van der Waals surface area (Å²) in [6.07, 6.45) is 7.68. The summed E-state index contributed by atoms with van der Waals surface area (Å²) >= 11 is 0. The van der Waals surface area contributed by atoms with E-state index in [0.717, 1.165) is 26.0 Å². The Hall–Kier alpha value is -0.0800. The molecule has 1 atom stereocenters. The van der Waals surface area contributed by atoms with Crippen LogP contribution in [-0.4, -0.2) is 24.8 Å². The molecule has 1 saturated heterocycles. The molecule has 1 rings (SSSR count). The van der Waals surface area contributed by atoms with Crippen molar-refractivity contribution >= 4 is 0 Å². The highest BCUT2D eigenvalue weighted by Crippen LogP contribution is 2.26. The SMILES string of the molecule is CCCCCC(C)(C)CNC1CCOC(C)(C)C1. The van der Waals surface area contributed by atoms with Gasteiger partial charge in [0.1, 0.15) is 0 Å². The molecular weight excluding hydrogens is 222 g/mol. The van der Waals surface area contributed by atoms with Gasteiger partial charge in [0.2, 0.25) is 0 Å². The fraction of sp³-hybridized carbons (Fsp3) is 1.00. The molecule has 18 heavy (non-hydrogen) atoms. The number of hydrogen-bond acceptors (Lipinski definition) is 2. The van der Waals surface area contributed by atoms with Gasteiger partial charge in [-0.25, -0.2) is 0 Å². The van der Waals surface area contributed by atoms with Crippen molar-refractivity contribution in [3.8, 4) is 0 Å². The average molecular weight is 255 g/mol. The zero-order valence-corrected chi connectivity index (χ0v) is 13.1. The van der Waals surface area contributed by atoms with Crippen molar-refractivity contribution in [1.82, 2.24) is 5.32 Å². The average Bonchev–Trinajstić information content (AvgIpc) is 2.26. The van der Waals surface area contributed by atoms with Crippen LogP contribution in [0.4, 0.5) is 0 Å². The molecule has 0 aromatic carbocycles. The van der Waals surface area contributed by atoms with Crippen molar-refractivity contribution in [2.75, 3.05) is 13.2 Å². The number of rotatable bonds is 7. The second kappa shape index (κ2) is 6.91. The second-order valence-corrected chi connectivity index (χ2v) is 7.30. The topological polar surface area (TPSA) is 21.3 Å². The van der Waals surface area contributed by atoms with Gasteiger partial charge < -0.3 is 10.1 Å². The van der Waals surface area contributed by atoms with Gasteiger partial charge in [-0.05, 0) is 38.5 Å². The zero-order valence-electron chi connectivity index (χ0n) is 13.1. The van der Waals surface area contributed by atoms with Crippen LogP contribution in [0.2, 0.25) is 0 Å². The fourth-order valence-electron chi connectivity index (χ4n) is 2.77. The summed E-state index contributed by atoms with van der Waals surface area (Å²) in [7, 11) is 0. The third-order valence-corrected chi connectivity index (χ3v) is 4.02.